The fourth-order valence-electron chi connectivity index (χ4n) is 4.02. The first-order valence-electron chi connectivity index (χ1n) is 9.40. The second kappa shape index (κ2) is 6.91. The maximum atomic E-state index is 13.0. The molecule has 2 aliphatic rings. The van der Waals surface area contributed by atoms with Gasteiger partial charge in [0.25, 0.3) is 5.91 Å². The lowest BCUT2D eigenvalue weighted by molar-refractivity contribution is -0.124. The van der Waals surface area contributed by atoms with Crippen LogP contribution in [0.15, 0.2) is 42.5 Å². The van der Waals surface area contributed by atoms with Gasteiger partial charge in [0.2, 0.25) is 0 Å². The number of carbonyl (C=O) groups excluding carboxylic acids is 1. The van der Waals surface area contributed by atoms with Gasteiger partial charge in [0.1, 0.15) is 5.75 Å². The van der Waals surface area contributed by atoms with Crippen LogP contribution in [0.5, 0.6) is 5.75 Å². The summed E-state index contributed by atoms with van der Waals surface area (Å²) in [7, 11) is 0. The highest BCUT2D eigenvalue weighted by molar-refractivity contribution is 5.97. The van der Waals surface area contributed by atoms with Crippen molar-refractivity contribution in [2.75, 3.05) is 11.4 Å². The Morgan fingerprint density at radius 1 is 0.960 bits per heavy atom. The Morgan fingerprint density at radius 3 is 2.60 bits per heavy atom. The van der Waals surface area contributed by atoms with Gasteiger partial charge >= 0.3 is 0 Å². The minimum Gasteiger partial charge on any atom is -0.481 e. The van der Waals surface area contributed by atoms with Gasteiger partial charge in [0, 0.05) is 12.2 Å². The van der Waals surface area contributed by atoms with Crippen molar-refractivity contribution in [1.29, 1.82) is 0 Å². The predicted octanol–water partition coefficient (Wildman–Crippen LogP) is 4.31. The van der Waals surface area contributed by atoms with Crippen molar-refractivity contribution in [1.82, 2.24) is 0 Å². The number of ether oxygens (including phenoxy) is 1. The van der Waals surface area contributed by atoms with Gasteiger partial charge in [0.05, 0.1) is 0 Å². The lowest BCUT2D eigenvalue weighted by Crippen LogP contribution is -2.43. The van der Waals surface area contributed by atoms with E-state index in [4.69, 9.17) is 4.74 Å². The molecule has 2 aromatic rings. The normalized spacial score (nSPS) is 17.4. The minimum atomic E-state index is -0.479. The topological polar surface area (TPSA) is 29.5 Å². The third-order valence-corrected chi connectivity index (χ3v) is 5.36. The van der Waals surface area contributed by atoms with Gasteiger partial charge in [-0.3, -0.25) is 4.79 Å². The standard InChI is InChI=1S/C22H25NO2/c1-16(25-20-13-12-17-7-2-3-9-19(17)15-20)22(24)23-14-6-10-18-8-4-5-11-21(18)23/h4-5,8,11-13,15-16H,2-3,6-7,9-10,14H2,1H3/t16-/m1/s1. The molecular weight excluding hydrogens is 310 g/mol. The van der Waals surface area contributed by atoms with Crippen LogP contribution < -0.4 is 9.64 Å². The molecule has 0 radical (unpaired) electrons. The van der Waals surface area contributed by atoms with Gasteiger partial charge in [-0.25, -0.2) is 0 Å². The van der Waals surface area contributed by atoms with Crippen LogP contribution in [0.4, 0.5) is 5.69 Å². The summed E-state index contributed by atoms with van der Waals surface area (Å²) in [5.74, 6) is 0.858. The van der Waals surface area contributed by atoms with Gasteiger partial charge in [-0.15, -0.1) is 0 Å². The van der Waals surface area contributed by atoms with Crippen molar-refractivity contribution in [3.8, 4) is 5.75 Å². The van der Waals surface area contributed by atoms with Crippen LogP contribution in [0.1, 0.15) is 42.9 Å². The number of aryl methyl sites for hydroxylation is 3. The zero-order valence-electron chi connectivity index (χ0n) is 14.8. The van der Waals surface area contributed by atoms with E-state index in [1.54, 1.807) is 0 Å². The van der Waals surface area contributed by atoms with Crippen molar-refractivity contribution >= 4 is 11.6 Å². The Hall–Kier alpha value is -2.29. The Kier molecular flexibility index (Phi) is 4.48. The number of hydrogen-bond donors (Lipinski definition) is 0. The zero-order chi connectivity index (χ0) is 17.2. The Balaban J connectivity index is 1.50. The number of para-hydroxylation sites is 1. The molecule has 1 heterocycles. The minimum absolute atomic E-state index is 0.0462. The molecule has 1 aliphatic heterocycles. The molecule has 0 spiro atoms. The Bertz CT molecular complexity index is 783. The van der Waals surface area contributed by atoms with Gasteiger partial charge in [-0.1, -0.05) is 24.3 Å². The van der Waals surface area contributed by atoms with E-state index in [2.05, 4.69) is 18.2 Å². The number of anilines is 1. The number of carbonyl (C=O) groups is 1. The smallest absolute Gasteiger partial charge is 0.267 e. The first-order valence-corrected chi connectivity index (χ1v) is 9.40. The molecule has 1 aliphatic carbocycles. The average Bonchev–Trinajstić information content (AvgIpc) is 2.67. The SMILES string of the molecule is C[C@@H](Oc1ccc2c(c1)CCCC2)C(=O)N1CCCc2ccccc21. The number of nitrogens with zero attached hydrogens (tertiary/aromatic N) is 1. The summed E-state index contributed by atoms with van der Waals surface area (Å²) in [6, 6.07) is 14.5. The number of fused-ring (bicyclic) bond motifs is 2. The Labute approximate surface area is 149 Å². The highest BCUT2D eigenvalue weighted by atomic mass is 16.5. The lowest BCUT2D eigenvalue weighted by atomic mass is 9.92. The van der Waals surface area contributed by atoms with Crippen molar-refractivity contribution < 1.29 is 9.53 Å². The predicted molar refractivity (Wildman–Crippen MR) is 100 cm³/mol. The summed E-state index contributed by atoms with van der Waals surface area (Å²) in [6.45, 7) is 2.63. The number of hydrogen-bond acceptors (Lipinski definition) is 2. The van der Waals surface area contributed by atoms with E-state index in [0.29, 0.717) is 0 Å². The first kappa shape index (κ1) is 16.2. The number of benzene rings is 2. The molecule has 130 valence electrons. The van der Waals surface area contributed by atoms with E-state index >= 15 is 0 Å². The molecule has 0 aromatic heterocycles. The lowest BCUT2D eigenvalue weighted by Gasteiger charge is -2.31. The fourth-order valence-corrected chi connectivity index (χ4v) is 4.02. The highest BCUT2D eigenvalue weighted by Gasteiger charge is 2.27. The van der Waals surface area contributed by atoms with Crippen LogP contribution in [0.2, 0.25) is 0 Å². The summed E-state index contributed by atoms with van der Waals surface area (Å²) >= 11 is 0. The van der Waals surface area contributed by atoms with Crippen molar-refractivity contribution in [2.45, 2.75) is 51.6 Å². The van der Waals surface area contributed by atoms with E-state index in [1.165, 1.54) is 29.5 Å². The molecule has 4 rings (SSSR count). The molecule has 3 heteroatoms. The second-order valence-corrected chi connectivity index (χ2v) is 7.12. The van der Waals surface area contributed by atoms with E-state index < -0.39 is 6.10 Å². The molecule has 0 saturated heterocycles. The summed E-state index contributed by atoms with van der Waals surface area (Å²) in [4.78, 5) is 14.8. The van der Waals surface area contributed by atoms with Crippen molar-refractivity contribution in [3.63, 3.8) is 0 Å². The molecule has 25 heavy (non-hydrogen) atoms. The monoisotopic (exact) mass is 335 g/mol. The van der Waals surface area contributed by atoms with Crippen LogP contribution in [0, 0.1) is 0 Å². The first-order chi connectivity index (χ1) is 12.2. The third-order valence-electron chi connectivity index (χ3n) is 5.36. The summed E-state index contributed by atoms with van der Waals surface area (Å²) < 4.78 is 6.02. The quantitative estimate of drug-likeness (QED) is 0.836. The summed E-state index contributed by atoms with van der Waals surface area (Å²) in [5, 5.41) is 0. The van der Waals surface area contributed by atoms with Gasteiger partial charge < -0.3 is 9.64 Å². The second-order valence-electron chi connectivity index (χ2n) is 7.12. The van der Waals surface area contributed by atoms with Crippen LogP contribution in [0.3, 0.4) is 0 Å². The van der Waals surface area contributed by atoms with Crippen molar-refractivity contribution in [2.24, 2.45) is 0 Å². The van der Waals surface area contributed by atoms with Crippen LogP contribution in [0.25, 0.3) is 0 Å². The van der Waals surface area contributed by atoms with Crippen molar-refractivity contribution in [3.05, 3.63) is 59.2 Å². The van der Waals surface area contributed by atoms with E-state index in [9.17, 15) is 4.79 Å². The molecule has 0 saturated carbocycles. The summed E-state index contributed by atoms with van der Waals surface area (Å²) in [5.41, 5.74) is 5.11. The van der Waals surface area contributed by atoms with Gasteiger partial charge in [0.15, 0.2) is 6.10 Å². The largest absolute Gasteiger partial charge is 0.481 e. The van der Waals surface area contributed by atoms with Crippen LogP contribution >= 0.6 is 0 Å². The molecular formula is C22H25NO2. The van der Waals surface area contributed by atoms with Gasteiger partial charge in [-0.05, 0) is 80.3 Å². The summed E-state index contributed by atoms with van der Waals surface area (Å²) in [6.07, 6.45) is 6.37. The molecule has 2 aromatic carbocycles. The number of amides is 1. The maximum Gasteiger partial charge on any atom is 0.267 e. The maximum absolute atomic E-state index is 13.0. The van der Waals surface area contributed by atoms with Crippen LogP contribution in [-0.4, -0.2) is 18.6 Å². The molecule has 3 nitrogen and oxygen atoms in total. The molecule has 0 fully saturated rings. The van der Waals surface area contributed by atoms with E-state index in [0.717, 1.165) is 43.7 Å². The average molecular weight is 335 g/mol. The highest BCUT2D eigenvalue weighted by Crippen LogP contribution is 2.29. The van der Waals surface area contributed by atoms with Crippen LogP contribution in [-0.2, 0) is 24.1 Å². The molecule has 0 unspecified atom stereocenters. The molecule has 1 amide bonds. The van der Waals surface area contributed by atoms with E-state index in [-0.39, 0.29) is 5.91 Å². The molecule has 0 bridgehead atoms. The zero-order valence-corrected chi connectivity index (χ0v) is 14.8. The molecule has 1 atom stereocenters. The third kappa shape index (κ3) is 3.28. The van der Waals surface area contributed by atoms with E-state index in [1.807, 2.05) is 36.1 Å². The number of rotatable bonds is 3. The fraction of sp³-hybridized carbons (Fsp3) is 0.409. The van der Waals surface area contributed by atoms with Gasteiger partial charge in [-0.2, -0.15) is 0 Å². The Morgan fingerprint density at radius 2 is 1.72 bits per heavy atom. The molecule has 0 N–H and O–H groups in total.